The van der Waals surface area contributed by atoms with Gasteiger partial charge in [0.15, 0.2) is 13.1 Å². The lowest BCUT2D eigenvalue weighted by Gasteiger charge is -2.19. The van der Waals surface area contributed by atoms with E-state index in [0.29, 0.717) is 13.4 Å². The van der Waals surface area contributed by atoms with Gasteiger partial charge in [-0.05, 0) is 51.5 Å². The van der Waals surface area contributed by atoms with E-state index in [1.165, 1.54) is 77.0 Å². The molecule has 0 rings (SSSR count). The molecule has 0 aromatic rings. The van der Waals surface area contributed by atoms with Crippen molar-refractivity contribution in [1.82, 2.24) is 0 Å². The molecule has 0 aliphatic carbocycles. The molecule has 0 saturated heterocycles. The minimum atomic E-state index is -0.0339. The van der Waals surface area contributed by atoms with E-state index in [1.807, 2.05) is 6.92 Å². The summed E-state index contributed by atoms with van der Waals surface area (Å²) in [6, 6.07) is 0. The van der Waals surface area contributed by atoms with E-state index < -0.39 is 0 Å². The van der Waals surface area contributed by atoms with Gasteiger partial charge >= 0.3 is 0 Å². The maximum Gasteiger partial charge on any atom is 0.188 e. The van der Waals surface area contributed by atoms with Crippen molar-refractivity contribution in [2.24, 2.45) is 0 Å². The Morgan fingerprint density at radius 3 is 1.66 bits per heavy atom. The highest BCUT2D eigenvalue weighted by molar-refractivity contribution is 4.72. The number of hydrogen-bond acceptors (Lipinski definition) is 4. The van der Waals surface area contributed by atoms with E-state index in [4.69, 9.17) is 18.9 Å². The van der Waals surface area contributed by atoms with Crippen molar-refractivity contribution in [2.75, 3.05) is 26.6 Å². The summed E-state index contributed by atoms with van der Waals surface area (Å²) in [6.07, 6.45) is 26.5. The van der Waals surface area contributed by atoms with Crippen molar-refractivity contribution in [3.8, 4) is 0 Å². The molecule has 0 spiro atoms. The Labute approximate surface area is 200 Å². The first-order valence-electron chi connectivity index (χ1n) is 13.9. The normalized spacial score (nSPS) is 11.8. The van der Waals surface area contributed by atoms with Gasteiger partial charge in [-0.15, -0.1) is 0 Å². The first-order chi connectivity index (χ1) is 15.8. The van der Waals surface area contributed by atoms with Crippen molar-refractivity contribution >= 4 is 0 Å². The third-order valence-corrected chi connectivity index (χ3v) is 5.71. The monoisotopic (exact) mass is 456 g/mol. The molecule has 0 radical (unpaired) electrons. The molecule has 0 atom stereocenters. The van der Waals surface area contributed by atoms with E-state index in [0.717, 1.165) is 51.7 Å². The highest BCUT2D eigenvalue weighted by Gasteiger charge is 2.09. The second-order valence-electron chi connectivity index (χ2n) is 8.85. The van der Waals surface area contributed by atoms with Gasteiger partial charge in [-0.3, -0.25) is 0 Å². The lowest BCUT2D eigenvalue weighted by atomic mass is 10.1. The highest BCUT2D eigenvalue weighted by atomic mass is 16.7. The van der Waals surface area contributed by atoms with Gasteiger partial charge in [0.2, 0.25) is 0 Å². The fourth-order valence-electron chi connectivity index (χ4n) is 3.64. The summed E-state index contributed by atoms with van der Waals surface area (Å²) in [5.41, 5.74) is 0. The standard InChI is InChI=1S/C28H56O4/c1-4-7-9-11-13-16-21-25-31-28(32-26-22-17-14-12-10-8-5-2)23-19-15-18-20-24-30-27-29-6-3/h20,24,28H,4-19,21-23,25-27H2,1-3H3. The molecule has 192 valence electrons. The summed E-state index contributed by atoms with van der Waals surface area (Å²) < 4.78 is 22.6. The molecule has 4 nitrogen and oxygen atoms in total. The second kappa shape index (κ2) is 28.5. The minimum absolute atomic E-state index is 0.0339. The Hall–Kier alpha value is -0.580. The van der Waals surface area contributed by atoms with Gasteiger partial charge in [0.25, 0.3) is 0 Å². The van der Waals surface area contributed by atoms with Gasteiger partial charge in [0.05, 0.1) is 6.26 Å². The van der Waals surface area contributed by atoms with E-state index in [9.17, 15) is 0 Å². The van der Waals surface area contributed by atoms with Crippen molar-refractivity contribution in [1.29, 1.82) is 0 Å². The maximum atomic E-state index is 6.12. The molecule has 32 heavy (non-hydrogen) atoms. The number of allylic oxidation sites excluding steroid dienone is 1. The zero-order valence-electron chi connectivity index (χ0n) is 21.9. The van der Waals surface area contributed by atoms with E-state index in [-0.39, 0.29) is 6.29 Å². The smallest absolute Gasteiger partial charge is 0.188 e. The second-order valence-corrected chi connectivity index (χ2v) is 8.85. The van der Waals surface area contributed by atoms with Crippen LogP contribution in [0.3, 0.4) is 0 Å². The number of hydrogen-bond donors (Lipinski definition) is 0. The van der Waals surface area contributed by atoms with Crippen LogP contribution in [0.25, 0.3) is 0 Å². The van der Waals surface area contributed by atoms with E-state index in [2.05, 4.69) is 19.9 Å². The van der Waals surface area contributed by atoms with Crippen LogP contribution < -0.4 is 0 Å². The number of unbranched alkanes of at least 4 members (excludes halogenated alkanes) is 14. The molecule has 0 amide bonds. The first-order valence-corrected chi connectivity index (χ1v) is 13.9. The molecular weight excluding hydrogens is 400 g/mol. The van der Waals surface area contributed by atoms with E-state index in [1.54, 1.807) is 6.26 Å². The lowest BCUT2D eigenvalue weighted by molar-refractivity contribution is -0.148. The molecule has 0 bridgehead atoms. The van der Waals surface area contributed by atoms with Crippen LogP contribution in [0.15, 0.2) is 12.3 Å². The third kappa shape index (κ3) is 25.7. The topological polar surface area (TPSA) is 36.9 Å². The summed E-state index contributed by atoms with van der Waals surface area (Å²) in [7, 11) is 0. The minimum Gasteiger partial charge on any atom is -0.475 e. The molecule has 0 aromatic carbocycles. The van der Waals surface area contributed by atoms with Gasteiger partial charge in [-0.25, -0.2) is 0 Å². The molecule has 0 aliphatic rings. The molecule has 4 heteroatoms. The molecule has 0 unspecified atom stereocenters. The number of rotatable bonds is 27. The van der Waals surface area contributed by atoms with Gasteiger partial charge in [0.1, 0.15) is 0 Å². The van der Waals surface area contributed by atoms with Crippen LogP contribution in [0.5, 0.6) is 0 Å². The summed E-state index contributed by atoms with van der Waals surface area (Å²) >= 11 is 0. The van der Waals surface area contributed by atoms with Crippen molar-refractivity contribution in [3.63, 3.8) is 0 Å². The fraction of sp³-hybridized carbons (Fsp3) is 0.929. The van der Waals surface area contributed by atoms with Crippen LogP contribution >= 0.6 is 0 Å². The molecule has 0 saturated carbocycles. The average Bonchev–Trinajstić information content (AvgIpc) is 2.80. The van der Waals surface area contributed by atoms with Crippen LogP contribution in [0, 0.1) is 0 Å². The predicted molar refractivity (Wildman–Crippen MR) is 137 cm³/mol. The molecule has 0 N–H and O–H groups in total. The van der Waals surface area contributed by atoms with Gasteiger partial charge in [0, 0.05) is 19.8 Å². The van der Waals surface area contributed by atoms with Gasteiger partial charge in [-0.2, -0.15) is 0 Å². The van der Waals surface area contributed by atoms with E-state index >= 15 is 0 Å². The highest BCUT2D eigenvalue weighted by Crippen LogP contribution is 2.13. The van der Waals surface area contributed by atoms with Crippen molar-refractivity contribution in [2.45, 2.75) is 143 Å². The van der Waals surface area contributed by atoms with Crippen LogP contribution in [-0.2, 0) is 18.9 Å². The Bertz CT molecular complexity index is 339. The van der Waals surface area contributed by atoms with Crippen LogP contribution in [0.4, 0.5) is 0 Å². The first kappa shape index (κ1) is 31.4. The fourth-order valence-corrected chi connectivity index (χ4v) is 3.64. The Kier molecular flexibility index (Phi) is 27.9. The molecule has 0 fully saturated rings. The van der Waals surface area contributed by atoms with Gasteiger partial charge in [-0.1, -0.05) is 90.9 Å². The average molecular weight is 457 g/mol. The SMILES string of the molecule is CCCCCCCCCOC(CCCCC=COCOCC)OCCCCCCCCC. The Morgan fingerprint density at radius 1 is 0.594 bits per heavy atom. The van der Waals surface area contributed by atoms with Crippen molar-refractivity contribution in [3.05, 3.63) is 12.3 Å². The van der Waals surface area contributed by atoms with Crippen LogP contribution in [0.1, 0.15) is 136 Å². The maximum absolute atomic E-state index is 6.12. The summed E-state index contributed by atoms with van der Waals surface area (Å²) in [5, 5.41) is 0. The van der Waals surface area contributed by atoms with Crippen LogP contribution in [-0.4, -0.2) is 32.9 Å². The zero-order chi connectivity index (χ0) is 23.4. The molecule has 0 heterocycles. The molecule has 0 aromatic heterocycles. The zero-order valence-corrected chi connectivity index (χ0v) is 21.9. The molecule has 0 aliphatic heterocycles. The summed E-state index contributed by atoms with van der Waals surface area (Å²) in [6.45, 7) is 9.21. The van der Waals surface area contributed by atoms with Gasteiger partial charge < -0.3 is 18.9 Å². The third-order valence-electron chi connectivity index (χ3n) is 5.71. The summed E-state index contributed by atoms with van der Waals surface area (Å²) in [4.78, 5) is 0. The predicted octanol–water partition coefficient (Wildman–Crippen LogP) is 8.93. The molecular formula is C28H56O4. The number of ether oxygens (including phenoxy) is 4. The van der Waals surface area contributed by atoms with Crippen LogP contribution in [0.2, 0.25) is 0 Å². The summed E-state index contributed by atoms with van der Waals surface area (Å²) in [5.74, 6) is 0. The Morgan fingerprint density at radius 2 is 1.12 bits per heavy atom. The van der Waals surface area contributed by atoms with Crippen molar-refractivity contribution < 1.29 is 18.9 Å². The lowest BCUT2D eigenvalue weighted by Crippen LogP contribution is -2.19. The Balaban J connectivity index is 3.90. The quantitative estimate of drug-likeness (QED) is 0.0702. The largest absolute Gasteiger partial charge is 0.475 e.